The van der Waals surface area contributed by atoms with Crippen LogP contribution in [0.25, 0.3) is 0 Å². The molecule has 0 aliphatic carbocycles. The first-order valence-corrected chi connectivity index (χ1v) is 15.5. The van der Waals surface area contributed by atoms with Gasteiger partial charge >= 0.3 is 172 Å². The first-order valence-electron chi connectivity index (χ1n) is 11.3. The fraction of sp³-hybridized carbons (Fsp3) is 0.727. The average molecular weight is 573 g/mol. The van der Waals surface area contributed by atoms with Crippen LogP contribution >= 0.6 is 12.0 Å². The van der Waals surface area contributed by atoms with E-state index in [1.165, 1.54) is 70.6 Å². The van der Waals surface area contributed by atoms with Crippen molar-refractivity contribution in [2.24, 2.45) is 0 Å². The van der Waals surface area contributed by atoms with Crippen LogP contribution in [0, 0.1) is 23.3 Å². The van der Waals surface area contributed by atoms with Gasteiger partial charge in [0.15, 0.2) is 0 Å². The molecule has 2 radical (unpaired) electrons. The molecule has 1 aromatic carbocycles. The molecule has 0 aliphatic heterocycles. The summed E-state index contributed by atoms with van der Waals surface area (Å²) in [5.74, 6) is -6.57. The molecule has 3 nitrogen and oxygen atoms in total. The SMILES string of the molecule is CCCCCCCCCCCCCCC[CH2][Sn][c]1c(F)c(F)c(F)c(F)c1SOOO. The van der Waals surface area contributed by atoms with E-state index in [0.717, 1.165) is 19.3 Å². The van der Waals surface area contributed by atoms with Gasteiger partial charge in [-0.1, -0.05) is 26.2 Å². The van der Waals surface area contributed by atoms with Crippen molar-refractivity contribution in [3.63, 3.8) is 0 Å². The molecule has 0 amide bonds. The van der Waals surface area contributed by atoms with E-state index in [4.69, 9.17) is 5.26 Å². The molecule has 0 atom stereocenters. The maximum atomic E-state index is 14.1. The summed E-state index contributed by atoms with van der Waals surface area (Å²) in [6.45, 7) is 2.23. The molecule has 0 unspecified atom stereocenters. The number of unbranched alkanes of at least 4 members (excludes halogenated alkanes) is 13. The number of hydrogen-bond acceptors (Lipinski definition) is 4. The molecular weight excluding hydrogens is 539 g/mol. The molecular formula is C22H34F4O3SSn. The Balaban J connectivity index is 2.18. The molecule has 0 aliphatic rings. The quantitative estimate of drug-likeness (QED) is 0.0267. The normalized spacial score (nSPS) is 11.4. The second-order valence-corrected chi connectivity index (χ2v) is 12.3. The number of rotatable bonds is 19. The van der Waals surface area contributed by atoms with E-state index in [1.807, 2.05) is 0 Å². The minimum atomic E-state index is -1.89. The molecule has 1 N–H and O–H groups in total. The summed E-state index contributed by atoms with van der Waals surface area (Å²) >= 11 is -1.55. The average Bonchev–Trinajstić information content (AvgIpc) is 2.77. The van der Waals surface area contributed by atoms with Crippen LogP contribution in [0.5, 0.6) is 0 Å². The summed E-state index contributed by atoms with van der Waals surface area (Å²) in [5, 5.41) is 11.6. The van der Waals surface area contributed by atoms with Crippen molar-refractivity contribution < 1.29 is 32.2 Å². The Bertz CT molecular complexity index is 623. The van der Waals surface area contributed by atoms with Gasteiger partial charge < -0.3 is 0 Å². The number of hydrogen-bond donors (Lipinski definition) is 1. The summed E-state index contributed by atoms with van der Waals surface area (Å²) in [5.41, 5.74) is 0. The standard InChI is InChI=1S/C16H33.C6HF4O3S.Sn/c1-3-5-7-9-11-13-15-16-14-12-10-8-6-4-2;7-2-1-3(14-13-12-11)5(9)6(10)4(2)8;/h1,3-16H2,2H3;11H;. The van der Waals surface area contributed by atoms with Gasteiger partial charge in [-0.15, -0.1) is 0 Å². The first kappa shape index (κ1) is 29.0. The molecule has 0 bridgehead atoms. The van der Waals surface area contributed by atoms with Gasteiger partial charge in [-0.05, 0) is 0 Å². The number of benzene rings is 1. The molecule has 0 aromatic heterocycles. The van der Waals surface area contributed by atoms with Crippen LogP contribution in [0.15, 0.2) is 4.90 Å². The van der Waals surface area contributed by atoms with Crippen molar-refractivity contribution in [2.75, 3.05) is 0 Å². The molecule has 0 heterocycles. The summed E-state index contributed by atoms with van der Waals surface area (Å²) in [6.07, 6.45) is 17.3. The van der Waals surface area contributed by atoms with Crippen LogP contribution in [0.2, 0.25) is 4.44 Å². The Labute approximate surface area is 197 Å². The van der Waals surface area contributed by atoms with Crippen LogP contribution in [0.3, 0.4) is 0 Å². The first-order chi connectivity index (χ1) is 15.0. The summed E-state index contributed by atoms with van der Waals surface area (Å²) in [4.78, 5) is -0.484. The predicted molar refractivity (Wildman–Crippen MR) is 117 cm³/mol. The van der Waals surface area contributed by atoms with E-state index < -0.39 is 49.3 Å². The minimum absolute atomic E-state index is 0.142. The van der Waals surface area contributed by atoms with Crippen LogP contribution < -0.4 is 3.58 Å². The second-order valence-electron chi connectivity index (χ2n) is 7.71. The van der Waals surface area contributed by atoms with E-state index >= 15 is 0 Å². The van der Waals surface area contributed by atoms with E-state index in [2.05, 4.69) is 16.3 Å². The fourth-order valence-corrected chi connectivity index (χ4v) is 8.16. The number of halogens is 4. The third-order valence-corrected chi connectivity index (χ3v) is 10.5. The van der Waals surface area contributed by atoms with Crippen LogP contribution in [-0.4, -0.2) is 26.4 Å². The van der Waals surface area contributed by atoms with Gasteiger partial charge in [0.1, 0.15) is 0 Å². The van der Waals surface area contributed by atoms with Crippen molar-refractivity contribution in [3.8, 4) is 0 Å². The van der Waals surface area contributed by atoms with Crippen LogP contribution in [-0.2, 0) is 9.37 Å². The second kappa shape index (κ2) is 18.4. The topological polar surface area (TPSA) is 38.7 Å². The fourth-order valence-electron chi connectivity index (χ4n) is 3.43. The van der Waals surface area contributed by atoms with Crippen molar-refractivity contribution in [1.82, 2.24) is 0 Å². The zero-order valence-corrected chi connectivity index (χ0v) is 22.0. The van der Waals surface area contributed by atoms with Gasteiger partial charge in [0, 0.05) is 0 Å². The van der Waals surface area contributed by atoms with Crippen molar-refractivity contribution >= 4 is 36.8 Å². The van der Waals surface area contributed by atoms with Crippen molar-refractivity contribution in [1.29, 1.82) is 0 Å². The Kier molecular flexibility index (Phi) is 17.2. The third-order valence-electron chi connectivity index (χ3n) is 5.20. The van der Waals surface area contributed by atoms with Gasteiger partial charge in [-0.25, -0.2) is 0 Å². The van der Waals surface area contributed by atoms with E-state index in [9.17, 15) is 17.6 Å². The summed E-state index contributed by atoms with van der Waals surface area (Å²) in [6, 6.07) is 0. The zero-order valence-electron chi connectivity index (χ0n) is 18.3. The van der Waals surface area contributed by atoms with Crippen molar-refractivity contribution in [3.05, 3.63) is 23.3 Å². The van der Waals surface area contributed by atoms with Gasteiger partial charge in [0.05, 0.1) is 0 Å². The molecule has 9 heteroatoms. The molecule has 0 saturated carbocycles. The zero-order chi connectivity index (χ0) is 22.9. The molecule has 0 saturated heterocycles. The molecule has 1 rings (SSSR count). The van der Waals surface area contributed by atoms with Crippen LogP contribution in [0.4, 0.5) is 17.6 Å². The Morgan fingerprint density at radius 3 is 1.61 bits per heavy atom. The summed E-state index contributed by atoms with van der Waals surface area (Å²) < 4.78 is 59.7. The van der Waals surface area contributed by atoms with Gasteiger partial charge in [0.25, 0.3) is 0 Å². The van der Waals surface area contributed by atoms with Crippen molar-refractivity contribution in [2.45, 2.75) is 106 Å². The van der Waals surface area contributed by atoms with Gasteiger partial charge in [-0.2, -0.15) is 0 Å². The Morgan fingerprint density at radius 1 is 0.677 bits per heavy atom. The van der Waals surface area contributed by atoms with E-state index in [0.29, 0.717) is 4.44 Å². The molecule has 1 aromatic rings. The Morgan fingerprint density at radius 2 is 1.13 bits per heavy atom. The molecule has 178 valence electrons. The van der Waals surface area contributed by atoms with Crippen LogP contribution in [0.1, 0.15) is 96.8 Å². The van der Waals surface area contributed by atoms with E-state index in [1.54, 1.807) is 0 Å². The predicted octanol–water partition coefficient (Wildman–Crippen LogP) is 7.90. The maximum absolute atomic E-state index is 14.1. The molecule has 31 heavy (non-hydrogen) atoms. The van der Waals surface area contributed by atoms with E-state index in [-0.39, 0.29) is 15.6 Å². The summed E-state index contributed by atoms with van der Waals surface area (Å²) in [7, 11) is 0. The third kappa shape index (κ3) is 11.6. The van der Waals surface area contributed by atoms with Gasteiger partial charge in [-0.3, -0.25) is 0 Å². The molecule has 0 fully saturated rings. The monoisotopic (exact) mass is 574 g/mol. The van der Waals surface area contributed by atoms with Gasteiger partial charge in [0.2, 0.25) is 0 Å². The molecule has 0 spiro atoms. The Hall–Kier alpha value is -0.0313.